The molecule has 0 saturated carbocycles. The molecule has 0 saturated heterocycles. The van der Waals surface area contributed by atoms with Gasteiger partial charge in [-0.05, 0) is 37.0 Å². The van der Waals surface area contributed by atoms with E-state index in [4.69, 9.17) is 5.73 Å². The van der Waals surface area contributed by atoms with E-state index in [1.165, 1.54) is 21.6 Å². The van der Waals surface area contributed by atoms with Gasteiger partial charge in [-0.2, -0.15) is 0 Å². The molecular formula is C14H18N2S. The number of benzene rings is 1. The molecule has 2 rings (SSSR count). The van der Waals surface area contributed by atoms with Crippen LogP contribution in [-0.4, -0.2) is 4.98 Å². The molecule has 0 bridgehead atoms. The van der Waals surface area contributed by atoms with Crippen molar-refractivity contribution in [3.8, 4) is 11.3 Å². The Kier molecular flexibility index (Phi) is 3.48. The van der Waals surface area contributed by atoms with Crippen molar-refractivity contribution in [2.45, 2.75) is 33.6 Å². The molecule has 1 heterocycles. The van der Waals surface area contributed by atoms with Gasteiger partial charge >= 0.3 is 0 Å². The zero-order chi connectivity index (χ0) is 12.4. The summed E-state index contributed by atoms with van der Waals surface area (Å²) in [5, 5.41) is 0.654. The summed E-state index contributed by atoms with van der Waals surface area (Å²) >= 11 is 1.56. The summed E-state index contributed by atoms with van der Waals surface area (Å²) in [6.45, 7) is 6.43. The normalized spacial score (nSPS) is 10.8. The highest BCUT2D eigenvalue weighted by Gasteiger charge is 2.12. The minimum Gasteiger partial charge on any atom is -0.375 e. The van der Waals surface area contributed by atoms with Gasteiger partial charge in [-0.3, -0.25) is 0 Å². The molecule has 0 aliphatic heterocycles. The standard InChI is InChI=1S/C14H18N2S/c1-4-10-6-7-11(5-2)12(8-10)13-9(3)17-14(15)16-13/h6-8H,4-5H2,1-3H3,(H2,15,16). The summed E-state index contributed by atoms with van der Waals surface area (Å²) in [6, 6.07) is 6.66. The van der Waals surface area contributed by atoms with Crippen molar-refractivity contribution in [2.24, 2.45) is 0 Å². The van der Waals surface area contributed by atoms with Gasteiger partial charge in [-0.25, -0.2) is 4.98 Å². The minimum atomic E-state index is 0.654. The van der Waals surface area contributed by atoms with Crippen LogP contribution in [0.2, 0.25) is 0 Å². The van der Waals surface area contributed by atoms with E-state index >= 15 is 0 Å². The van der Waals surface area contributed by atoms with E-state index in [-0.39, 0.29) is 0 Å². The van der Waals surface area contributed by atoms with Crippen molar-refractivity contribution < 1.29 is 0 Å². The lowest BCUT2D eigenvalue weighted by Gasteiger charge is -2.08. The van der Waals surface area contributed by atoms with Gasteiger partial charge in [0.15, 0.2) is 5.13 Å². The van der Waals surface area contributed by atoms with Gasteiger partial charge in [-0.15, -0.1) is 11.3 Å². The van der Waals surface area contributed by atoms with Crippen molar-refractivity contribution in [3.05, 3.63) is 34.2 Å². The SMILES string of the molecule is CCc1ccc(CC)c(-c2nc(N)sc2C)c1. The Morgan fingerprint density at radius 3 is 2.53 bits per heavy atom. The monoisotopic (exact) mass is 246 g/mol. The number of nitrogen functional groups attached to an aromatic ring is 1. The second-order valence-electron chi connectivity index (χ2n) is 4.16. The number of thiazole rings is 1. The van der Waals surface area contributed by atoms with Crippen LogP contribution < -0.4 is 5.73 Å². The first-order valence-electron chi connectivity index (χ1n) is 6.00. The molecule has 2 nitrogen and oxygen atoms in total. The molecule has 17 heavy (non-hydrogen) atoms. The lowest BCUT2D eigenvalue weighted by Crippen LogP contribution is -1.92. The van der Waals surface area contributed by atoms with Crippen LogP contribution in [0.4, 0.5) is 5.13 Å². The molecule has 0 atom stereocenters. The Hall–Kier alpha value is -1.35. The first kappa shape index (κ1) is 12.1. The molecule has 0 spiro atoms. The van der Waals surface area contributed by atoms with Gasteiger partial charge in [0.2, 0.25) is 0 Å². The molecule has 3 heteroatoms. The lowest BCUT2D eigenvalue weighted by molar-refractivity contribution is 1.10. The summed E-state index contributed by atoms with van der Waals surface area (Å²) in [7, 11) is 0. The fraction of sp³-hybridized carbons (Fsp3) is 0.357. The van der Waals surface area contributed by atoms with Gasteiger partial charge in [0.05, 0.1) is 5.69 Å². The zero-order valence-electron chi connectivity index (χ0n) is 10.6. The van der Waals surface area contributed by atoms with E-state index in [2.05, 4.69) is 44.0 Å². The molecule has 0 fully saturated rings. The first-order valence-corrected chi connectivity index (χ1v) is 6.82. The number of nitrogens with zero attached hydrogens (tertiary/aromatic N) is 1. The van der Waals surface area contributed by atoms with E-state index < -0.39 is 0 Å². The highest BCUT2D eigenvalue weighted by atomic mass is 32.1. The second kappa shape index (κ2) is 4.88. The third-order valence-corrected chi connectivity index (χ3v) is 3.83. The Morgan fingerprint density at radius 2 is 2.00 bits per heavy atom. The minimum absolute atomic E-state index is 0.654. The first-order chi connectivity index (χ1) is 8.15. The maximum absolute atomic E-state index is 5.79. The van der Waals surface area contributed by atoms with Crippen LogP contribution in [0.15, 0.2) is 18.2 Å². The number of aryl methyl sites for hydroxylation is 3. The summed E-state index contributed by atoms with van der Waals surface area (Å²) < 4.78 is 0. The van der Waals surface area contributed by atoms with Gasteiger partial charge in [0.25, 0.3) is 0 Å². The summed E-state index contributed by atoms with van der Waals surface area (Å²) in [5.74, 6) is 0. The Bertz CT molecular complexity index is 529. The molecule has 1 aromatic carbocycles. The average molecular weight is 246 g/mol. The number of hydrogen-bond donors (Lipinski definition) is 1. The molecule has 0 unspecified atom stereocenters. The van der Waals surface area contributed by atoms with E-state index in [1.54, 1.807) is 11.3 Å². The molecule has 2 aromatic rings. The molecule has 90 valence electrons. The van der Waals surface area contributed by atoms with Crippen molar-refractivity contribution in [3.63, 3.8) is 0 Å². The predicted molar refractivity (Wildman–Crippen MR) is 75.5 cm³/mol. The zero-order valence-corrected chi connectivity index (χ0v) is 11.4. The molecule has 0 radical (unpaired) electrons. The molecule has 0 aliphatic rings. The van der Waals surface area contributed by atoms with E-state index in [0.717, 1.165) is 18.5 Å². The third-order valence-electron chi connectivity index (χ3n) is 3.03. The van der Waals surface area contributed by atoms with Crippen LogP contribution in [0.25, 0.3) is 11.3 Å². The number of nitrogens with two attached hydrogens (primary N) is 1. The van der Waals surface area contributed by atoms with Crippen molar-refractivity contribution in [1.29, 1.82) is 0 Å². The summed E-state index contributed by atoms with van der Waals surface area (Å²) in [5.41, 5.74) is 10.8. The molecule has 0 amide bonds. The predicted octanol–water partition coefficient (Wildman–Crippen LogP) is 3.83. The highest BCUT2D eigenvalue weighted by Crippen LogP contribution is 2.32. The third kappa shape index (κ3) is 2.34. The van der Waals surface area contributed by atoms with Crippen molar-refractivity contribution >= 4 is 16.5 Å². The van der Waals surface area contributed by atoms with Gasteiger partial charge in [-0.1, -0.05) is 26.0 Å². The Labute approximate surface area is 107 Å². The van der Waals surface area contributed by atoms with E-state index in [0.29, 0.717) is 5.13 Å². The molecular weight excluding hydrogens is 228 g/mol. The quantitative estimate of drug-likeness (QED) is 0.894. The van der Waals surface area contributed by atoms with Gasteiger partial charge in [0, 0.05) is 10.4 Å². The van der Waals surface area contributed by atoms with Crippen molar-refractivity contribution in [1.82, 2.24) is 4.98 Å². The molecule has 1 aromatic heterocycles. The van der Waals surface area contributed by atoms with E-state index in [9.17, 15) is 0 Å². The van der Waals surface area contributed by atoms with Crippen LogP contribution in [0.5, 0.6) is 0 Å². The molecule has 0 aliphatic carbocycles. The fourth-order valence-corrected chi connectivity index (χ4v) is 2.74. The van der Waals surface area contributed by atoms with Gasteiger partial charge in [0.1, 0.15) is 0 Å². The highest BCUT2D eigenvalue weighted by molar-refractivity contribution is 7.15. The number of aromatic nitrogens is 1. The van der Waals surface area contributed by atoms with Crippen LogP contribution >= 0.6 is 11.3 Å². The van der Waals surface area contributed by atoms with Crippen LogP contribution in [0.1, 0.15) is 29.9 Å². The Balaban J connectivity index is 2.59. The fourth-order valence-electron chi connectivity index (χ4n) is 2.04. The lowest BCUT2D eigenvalue weighted by atomic mass is 9.98. The summed E-state index contributed by atoms with van der Waals surface area (Å²) in [4.78, 5) is 5.66. The number of rotatable bonds is 3. The van der Waals surface area contributed by atoms with Crippen LogP contribution in [0, 0.1) is 6.92 Å². The second-order valence-corrected chi connectivity index (χ2v) is 5.39. The van der Waals surface area contributed by atoms with Crippen LogP contribution in [0.3, 0.4) is 0 Å². The largest absolute Gasteiger partial charge is 0.375 e. The smallest absolute Gasteiger partial charge is 0.180 e. The Morgan fingerprint density at radius 1 is 1.24 bits per heavy atom. The maximum atomic E-state index is 5.79. The van der Waals surface area contributed by atoms with Crippen molar-refractivity contribution in [2.75, 3.05) is 5.73 Å². The number of anilines is 1. The topological polar surface area (TPSA) is 38.9 Å². The average Bonchev–Trinajstić information content (AvgIpc) is 2.67. The van der Waals surface area contributed by atoms with Crippen LogP contribution in [-0.2, 0) is 12.8 Å². The number of hydrogen-bond acceptors (Lipinski definition) is 3. The van der Waals surface area contributed by atoms with E-state index in [1.807, 2.05) is 0 Å². The molecule has 2 N–H and O–H groups in total. The van der Waals surface area contributed by atoms with Gasteiger partial charge < -0.3 is 5.73 Å². The maximum Gasteiger partial charge on any atom is 0.180 e. The summed E-state index contributed by atoms with van der Waals surface area (Å²) in [6.07, 6.45) is 2.08.